The fourth-order valence-corrected chi connectivity index (χ4v) is 3.08. The number of hydrogen-bond donors (Lipinski definition) is 2. The number of sulfonamides is 1. The molecule has 0 unspecified atom stereocenters. The van der Waals surface area contributed by atoms with Crippen molar-refractivity contribution in [2.75, 3.05) is 19.5 Å². The smallest absolute Gasteiger partial charge is 0.419 e. The van der Waals surface area contributed by atoms with Gasteiger partial charge in [-0.1, -0.05) is 0 Å². The third-order valence-corrected chi connectivity index (χ3v) is 4.95. The van der Waals surface area contributed by atoms with Crippen molar-refractivity contribution in [3.8, 4) is 5.75 Å². The van der Waals surface area contributed by atoms with Crippen LogP contribution in [0.5, 0.6) is 5.75 Å². The van der Waals surface area contributed by atoms with Crippen LogP contribution in [0.2, 0.25) is 0 Å². The molecule has 11 heteroatoms. The Labute approximate surface area is 152 Å². The first-order valence-corrected chi connectivity index (χ1v) is 8.77. The van der Waals surface area contributed by atoms with Gasteiger partial charge in [0.05, 0.1) is 12.7 Å². The molecule has 0 aliphatic rings. The minimum Gasteiger partial charge on any atom is -0.495 e. The van der Waals surface area contributed by atoms with E-state index < -0.39 is 33.5 Å². The van der Waals surface area contributed by atoms with E-state index in [1.54, 1.807) is 0 Å². The minimum atomic E-state index is -4.93. The molecule has 2 aromatic rings. The Kier molecular flexibility index (Phi) is 5.76. The molecule has 2 rings (SSSR count). The van der Waals surface area contributed by atoms with Crippen LogP contribution in [-0.2, 0) is 16.2 Å². The largest absolute Gasteiger partial charge is 0.495 e. The van der Waals surface area contributed by atoms with Gasteiger partial charge < -0.3 is 10.1 Å². The van der Waals surface area contributed by atoms with Crippen LogP contribution in [0.25, 0.3) is 0 Å². The standard InChI is InChI=1S/C16H14F4N2O4S/c1-21-27(24,25)14-7-9(3-6-13(14)26-2)15(23)22-10-4-5-12(17)11(8-10)16(18,19)20/h3-8,21H,1-2H3,(H,22,23). The lowest BCUT2D eigenvalue weighted by molar-refractivity contribution is -0.139. The van der Waals surface area contributed by atoms with E-state index in [4.69, 9.17) is 4.74 Å². The first-order chi connectivity index (χ1) is 12.5. The lowest BCUT2D eigenvalue weighted by atomic mass is 10.1. The summed E-state index contributed by atoms with van der Waals surface area (Å²) in [6.45, 7) is 0. The topological polar surface area (TPSA) is 84.5 Å². The molecule has 0 aliphatic heterocycles. The third-order valence-electron chi connectivity index (χ3n) is 3.51. The molecule has 0 saturated carbocycles. The highest BCUT2D eigenvalue weighted by atomic mass is 32.2. The summed E-state index contributed by atoms with van der Waals surface area (Å²) in [5.74, 6) is -2.39. The zero-order valence-electron chi connectivity index (χ0n) is 14.0. The van der Waals surface area contributed by atoms with Crippen molar-refractivity contribution in [1.82, 2.24) is 4.72 Å². The number of alkyl halides is 3. The normalized spacial score (nSPS) is 11.9. The number of amides is 1. The highest BCUT2D eigenvalue weighted by molar-refractivity contribution is 7.89. The number of hydrogen-bond acceptors (Lipinski definition) is 4. The number of anilines is 1. The summed E-state index contributed by atoms with van der Waals surface area (Å²) in [7, 11) is -1.55. The Morgan fingerprint density at radius 2 is 1.78 bits per heavy atom. The van der Waals surface area contributed by atoms with Gasteiger partial charge in [-0.2, -0.15) is 13.2 Å². The Hall–Kier alpha value is -2.66. The Balaban J connectivity index is 2.39. The molecule has 1 amide bonds. The monoisotopic (exact) mass is 406 g/mol. The molecule has 0 heterocycles. The summed E-state index contributed by atoms with van der Waals surface area (Å²) in [5.41, 5.74) is -1.99. The van der Waals surface area contributed by atoms with Gasteiger partial charge in [0.1, 0.15) is 16.5 Å². The second-order valence-electron chi connectivity index (χ2n) is 5.22. The molecule has 0 aliphatic carbocycles. The van der Waals surface area contributed by atoms with Gasteiger partial charge in [-0.3, -0.25) is 4.79 Å². The van der Waals surface area contributed by atoms with E-state index in [0.717, 1.165) is 12.1 Å². The second kappa shape index (κ2) is 7.53. The summed E-state index contributed by atoms with van der Waals surface area (Å²) >= 11 is 0. The van der Waals surface area contributed by atoms with Gasteiger partial charge in [-0.05, 0) is 43.4 Å². The molecule has 0 atom stereocenters. The summed E-state index contributed by atoms with van der Waals surface area (Å²) in [4.78, 5) is 12.0. The molecule has 146 valence electrons. The van der Waals surface area contributed by atoms with Crippen molar-refractivity contribution in [3.05, 3.63) is 53.3 Å². The van der Waals surface area contributed by atoms with E-state index in [1.807, 2.05) is 0 Å². The zero-order chi connectivity index (χ0) is 20.4. The number of benzene rings is 2. The quantitative estimate of drug-likeness (QED) is 0.748. The maximum absolute atomic E-state index is 13.3. The van der Waals surface area contributed by atoms with Crippen molar-refractivity contribution in [3.63, 3.8) is 0 Å². The molecule has 27 heavy (non-hydrogen) atoms. The van der Waals surface area contributed by atoms with Crippen LogP contribution in [-0.4, -0.2) is 28.5 Å². The van der Waals surface area contributed by atoms with E-state index >= 15 is 0 Å². The molecule has 0 saturated heterocycles. The van der Waals surface area contributed by atoms with Gasteiger partial charge in [-0.15, -0.1) is 0 Å². The van der Waals surface area contributed by atoms with E-state index in [2.05, 4.69) is 10.0 Å². The fourth-order valence-electron chi connectivity index (χ4n) is 2.16. The summed E-state index contributed by atoms with van der Waals surface area (Å²) in [5, 5.41) is 2.17. The van der Waals surface area contributed by atoms with Crippen LogP contribution in [0.3, 0.4) is 0 Å². The number of halogens is 4. The number of nitrogens with one attached hydrogen (secondary N) is 2. The summed E-state index contributed by atoms with van der Waals surface area (Å²) in [6.07, 6.45) is -4.93. The molecule has 0 spiro atoms. The molecule has 0 fully saturated rings. The lowest BCUT2D eigenvalue weighted by Crippen LogP contribution is -2.20. The summed E-state index contributed by atoms with van der Waals surface area (Å²) < 4.78 is 82.6. The summed E-state index contributed by atoms with van der Waals surface area (Å²) in [6, 6.07) is 5.44. The second-order valence-corrected chi connectivity index (χ2v) is 7.07. The van der Waals surface area contributed by atoms with Crippen molar-refractivity contribution in [1.29, 1.82) is 0 Å². The number of carbonyl (C=O) groups excluding carboxylic acids is 1. The van der Waals surface area contributed by atoms with Crippen molar-refractivity contribution < 1.29 is 35.5 Å². The van der Waals surface area contributed by atoms with Gasteiger partial charge in [0, 0.05) is 11.3 Å². The van der Waals surface area contributed by atoms with Crippen LogP contribution in [0.15, 0.2) is 41.3 Å². The Morgan fingerprint density at radius 3 is 2.33 bits per heavy atom. The molecule has 0 radical (unpaired) electrons. The molecule has 2 aromatic carbocycles. The first kappa shape index (κ1) is 20.6. The van der Waals surface area contributed by atoms with Crippen molar-refractivity contribution >= 4 is 21.6 Å². The SMILES string of the molecule is CNS(=O)(=O)c1cc(C(=O)Nc2ccc(F)c(C(F)(F)F)c2)ccc1OC. The molecule has 6 nitrogen and oxygen atoms in total. The third kappa shape index (κ3) is 4.55. The van der Waals surface area contributed by atoms with Gasteiger partial charge >= 0.3 is 6.18 Å². The number of methoxy groups -OCH3 is 1. The molecular formula is C16H14F4N2O4S. The predicted octanol–water partition coefficient (Wildman–Crippen LogP) is 3.01. The van der Waals surface area contributed by atoms with Gasteiger partial charge in [0.2, 0.25) is 10.0 Å². The minimum absolute atomic E-state index is 0.0259. The van der Waals surface area contributed by atoms with E-state index in [1.165, 1.54) is 26.3 Å². The maximum Gasteiger partial charge on any atom is 0.419 e. The molecular weight excluding hydrogens is 392 g/mol. The van der Waals surface area contributed by atoms with E-state index in [0.29, 0.717) is 12.1 Å². The highest BCUT2D eigenvalue weighted by Gasteiger charge is 2.34. The predicted molar refractivity (Wildman–Crippen MR) is 88.6 cm³/mol. The Morgan fingerprint density at radius 1 is 1.11 bits per heavy atom. The molecule has 2 N–H and O–H groups in total. The van der Waals surface area contributed by atoms with Crippen LogP contribution in [0.4, 0.5) is 23.2 Å². The van der Waals surface area contributed by atoms with E-state index in [-0.39, 0.29) is 21.9 Å². The van der Waals surface area contributed by atoms with Gasteiger partial charge in [-0.25, -0.2) is 17.5 Å². The lowest BCUT2D eigenvalue weighted by Gasteiger charge is -2.13. The molecule has 0 aromatic heterocycles. The maximum atomic E-state index is 13.3. The highest BCUT2D eigenvalue weighted by Crippen LogP contribution is 2.33. The average molecular weight is 406 g/mol. The number of ether oxygens (including phenoxy) is 1. The number of rotatable bonds is 5. The van der Waals surface area contributed by atoms with Crippen LogP contribution >= 0.6 is 0 Å². The van der Waals surface area contributed by atoms with Gasteiger partial charge in [0.15, 0.2) is 0 Å². The zero-order valence-corrected chi connectivity index (χ0v) is 14.8. The van der Waals surface area contributed by atoms with Gasteiger partial charge in [0.25, 0.3) is 5.91 Å². The van der Waals surface area contributed by atoms with Crippen molar-refractivity contribution in [2.24, 2.45) is 0 Å². The van der Waals surface area contributed by atoms with Crippen LogP contribution in [0.1, 0.15) is 15.9 Å². The fraction of sp³-hybridized carbons (Fsp3) is 0.188. The van der Waals surface area contributed by atoms with Crippen molar-refractivity contribution in [2.45, 2.75) is 11.1 Å². The van der Waals surface area contributed by atoms with E-state index in [9.17, 15) is 30.8 Å². The van der Waals surface area contributed by atoms with Crippen LogP contribution < -0.4 is 14.8 Å². The average Bonchev–Trinajstić information content (AvgIpc) is 2.61. The van der Waals surface area contributed by atoms with Crippen LogP contribution in [0, 0.1) is 5.82 Å². The first-order valence-electron chi connectivity index (χ1n) is 7.29. The molecule has 0 bridgehead atoms. The number of carbonyl (C=O) groups is 1. The Bertz CT molecular complexity index is 975.